The van der Waals surface area contributed by atoms with E-state index in [1.54, 1.807) is 7.11 Å². The van der Waals surface area contributed by atoms with E-state index in [-0.39, 0.29) is 5.41 Å². The molecule has 0 N–H and O–H groups in total. The smallest absolute Gasteiger partial charge is 0.222 e. The van der Waals surface area contributed by atoms with Gasteiger partial charge in [-0.1, -0.05) is 19.8 Å². The number of carbonyl (C=O) groups is 1. The number of hydrogen-bond acceptors (Lipinski definition) is 3. The molecule has 0 aromatic rings. The Bertz CT molecular complexity index is 395. The zero-order chi connectivity index (χ0) is 15.6. The van der Waals surface area contributed by atoms with Gasteiger partial charge in [0.2, 0.25) is 5.91 Å². The zero-order valence-corrected chi connectivity index (χ0v) is 14.4. The van der Waals surface area contributed by atoms with Gasteiger partial charge in [-0.3, -0.25) is 4.79 Å². The molecule has 3 fully saturated rings. The molecule has 2 atom stereocenters. The average molecular weight is 308 g/mol. The minimum atomic E-state index is 0.289. The van der Waals surface area contributed by atoms with Crippen LogP contribution in [-0.2, 0) is 9.53 Å². The number of ether oxygens (including phenoxy) is 1. The van der Waals surface area contributed by atoms with Crippen molar-refractivity contribution in [1.29, 1.82) is 0 Å². The van der Waals surface area contributed by atoms with Gasteiger partial charge >= 0.3 is 0 Å². The molecule has 0 unspecified atom stereocenters. The summed E-state index contributed by atoms with van der Waals surface area (Å²) in [6.07, 6.45) is 7.13. The molecule has 3 rings (SSSR count). The number of nitrogens with zero attached hydrogens (tertiary/aromatic N) is 2. The van der Waals surface area contributed by atoms with Gasteiger partial charge in [-0.2, -0.15) is 0 Å². The van der Waals surface area contributed by atoms with Crippen molar-refractivity contribution in [3.63, 3.8) is 0 Å². The van der Waals surface area contributed by atoms with E-state index in [0.29, 0.717) is 17.7 Å². The van der Waals surface area contributed by atoms with Gasteiger partial charge in [-0.25, -0.2) is 0 Å². The summed E-state index contributed by atoms with van der Waals surface area (Å²) in [5, 5.41) is 0. The van der Waals surface area contributed by atoms with Crippen LogP contribution in [0, 0.1) is 17.3 Å². The molecule has 0 aromatic carbocycles. The summed E-state index contributed by atoms with van der Waals surface area (Å²) in [6.45, 7) is 8.38. The van der Waals surface area contributed by atoms with E-state index in [1.807, 2.05) is 0 Å². The lowest BCUT2D eigenvalue weighted by molar-refractivity contribution is -0.131. The minimum absolute atomic E-state index is 0.289. The molecule has 2 saturated heterocycles. The average Bonchev–Trinajstić information content (AvgIpc) is 3.22. The Morgan fingerprint density at radius 3 is 2.73 bits per heavy atom. The van der Waals surface area contributed by atoms with Crippen molar-refractivity contribution in [3.8, 4) is 0 Å². The molecule has 1 amide bonds. The Balaban J connectivity index is 1.60. The van der Waals surface area contributed by atoms with Crippen molar-refractivity contribution in [2.24, 2.45) is 17.3 Å². The molecule has 0 radical (unpaired) electrons. The fourth-order valence-corrected chi connectivity index (χ4v) is 4.98. The topological polar surface area (TPSA) is 32.8 Å². The predicted octanol–water partition coefficient (Wildman–Crippen LogP) is 2.38. The lowest BCUT2D eigenvalue weighted by Crippen LogP contribution is -2.38. The van der Waals surface area contributed by atoms with Gasteiger partial charge in [-0.15, -0.1) is 0 Å². The molecular formula is C18H32N2O2. The summed E-state index contributed by atoms with van der Waals surface area (Å²) in [5.74, 6) is 1.66. The number of likely N-dealkylation sites (tertiary alicyclic amines) is 2. The first-order chi connectivity index (χ1) is 10.7. The van der Waals surface area contributed by atoms with Crippen molar-refractivity contribution in [1.82, 2.24) is 9.80 Å². The predicted molar refractivity (Wildman–Crippen MR) is 87.7 cm³/mol. The summed E-state index contributed by atoms with van der Waals surface area (Å²) in [7, 11) is 1.81. The molecule has 1 aliphatic carbocycles. The number of carbonyl (C=O) groups excluding carboxylic acids is 1. The normalized spacial score (nSPS) is 33.4. The Hall–Kier alpha value is -0.610. The van der Waals surface area contributed by atoms with Crippen LogP contribution in [0.15, 0.2) is 0 Å². The highest BCUT2D eigenvalue weighted by atomic mass is 16.5. The van der Waals surface area contributed by atoms with E-state index >= 15 is 0 Å². The third kappa shape index (κ3) is 3.18. The lowest BCUT2D eigenvalue weighted by Gasteiger charge is -2.30. The second-order valence-corrected chi connectivity index (χ2v) is 7.76. The number of amides is 1. The second-order valence-electron chi connectivity index (χ2n) is 7.76. The number of methoxy groups -OCH3 is 1. The van der Waals surface area contributed by atoms with Crippen LogP contribution in [0.25, 0.3) is 0 Å². The Labute approximate surface area is 135 Å². The summed E-state index contributed by atoms with van der Waals surface area (Å²) >= 11 is 0. The van der Waals surface area contributed by atoms with E-state index in [4.69, 9.17) is 4.74 Å². The second kappa shape index (κ2) is 6.88. The van der Waals surface area contributed by atoms with Crippen LogP contribution >= 0.6 is 0 Å². The summed E-state index contributed by atoms with van der Waals surface area (Å²) in [6, 6.07) is 0. The SMILES string of the molecule is CCN1C[C@@H](COC)[C@]2(CCN(C(=O)CC3CCCC3)C2)C1. The molecule has 0 aromatic heterocycles. The van der Waals surface area contributed by atoms with Crippen molar-refractivity contribution in [3.05, 3.63) is 0 Å². The van der Waals surface area contributed by atoms with Crippen molar-refractivity contribution in [2.75, 3.05) is 46.4 Å². The summed E-state index contributed by atoms with van der Waals surface area (Å²) < 4.78 is 5.48. The van der Waals surface area contributed by atoms with Gasteiger partial charge in [0.05, 0.1) is 6.61 Å². The van der Waals surface area contributed by atoms with Crippen LogP contribution in [0.5, 0.6) is 0 Å². The maximum absolute atomic E-state index is 12.6. The molecule has 2 aliphatic heterocycles. The van der Waals surface area contributed by atoms with E-state index in [9.17, 15) is 4.79 Å². The van der Waals surface area contributed by atoms with Gasteiger partial charge in [-0.05, 0) is 31.7 Å². The highest BCUT2D eigenvalue weighted by Gasteiger charge is 2.50. The first-order valence-electron chi connectivity index (χ1n) is 9.16. The van der Waals surface area contributed by atoms with Crippen LogP contribution in [0.2, 0.25) is 0 Å². The first kappa shape index (κ1) is 16.3. The molecule has 1 saturated carbocycles. The molecule has 2 heterocycles. The van der Waals surface area contributed by atoms with E-state index < -0.39 is 0 Å². The maximum atomic E-state index is 12.6. The third-order valence-corrected chi connectivity index (χ3v) is 6.37. The Morgan fingerprint density at radius 1 is 1.27 bits per heavy atom. The van der Waals surface area contributed by atoms with Gasteiger partial charge in [0.25, 0.3) is 0 Å². The molecule has 4 nitrogen and oxygen atoms in total. The van der Waals surface area contributed by atoms with Crippen molar-refractivity contribution in [2.45, 2.75) is 45.4 Å². The highest BCUT2D eigenvalue weighted by Crippen LogP contribution is 2.44. The molecule has 4 heteroatoms. The summed E-state index contributed by atoms with van der Waals surface area (Å²) in [5.41, 5.74) is 0.289. The third-order valence-electron chi connectivity index (χ3n) is 6.37. The van der Waals surface area contributed by atoms with Crippen molar-refractivity contribution < 1.29 is 9.53 Å². The van der Waals surface area contributed by atoms with E-state index in [1.165, 1.54) is 25.7 Å². The van der Waals surface area contributed by atoms with Gasteiger partial charge in [0, 0.05) is 51.0 Å². The zero-order valence-electron chi connectivity index (χ0n) is 14.4. The quantitative estimate of drug-likeness (QED) is 0.782. The lowest BCUT2D eigenvalue weighted by atomic mass is 9.77. The Kier molecular flexibility index (Phi) is 5.08. The van der Waals surface area contributed by atoms with Crippen LogP contribution < -0.4 is 0 Å². The van der Waals surface area contributed by atoms with Gasteiger partial charge < -0.3 is 14.5 Å². The fourth-order valence-electron chi connectivity index (χ4n) is 4.98. The number of rotatable bonds is 5. The monoisotopic (exact) mass is 308 g/mol. The van der Waals surface area contributed by atoms with Gasteiger partial charge in [0.15, 0.2) is 0 Å². The molecule has 22 heavy (non-hydrogen) atoms. The highest BCUT2D eigenvalue weighted by molar-refractivity contribution is 5.76. The van der Waals surface area contributed by atoms with E-state index in [0.717, 1.165) is 52.2 Å². The van der Waals surface area contributed by atoms with Crippen LogP contribution in [0.1, 0.15) is 45.4 Å². The maximum Gasteiger partial charge on any atom is 0.222 e. The fraction of sp³-hybridized carbons (Fsp3) is 0.944. The molecule has 126 valence electrons. The molecule has 1 spiro atoms. The van der Waals surface area contributed by atoms with Gasteiger partial charge in [0.1, 0.15) is 0 Å². The Morgan fingerprint density at radius 2 is 2.05 bits per heavy atom. The van der Waals surface area contributed by atoms with Crippen LogP contribution in [0.3, 0.4) is 0 Å². The first-order valence-corrected chi connectivity index (χ1v) is 9.16. The molecule has 3 aliphatic rings. The van der Waals surface area contributed by atoms with Crippen LogP contribution in [0.4, 0.5) is 0 Å². The standard InChI is InChI=1S/C18H32N2O2/c1-3-19-11-16(12-22-2)18(13-19)8-9-20(14-18)17(21)10-15-6-4-5-7-15/h15-16H,3-14H2,1-2H3/t16-,18+/m0/s1. The molecular weight excluding hydrogens is 276 g/mol. The van der Waals surface area contributed by atoms with Crippen LogP contribution in [-0.4, -0.2) is 62.1 Å². The number of hydrogen-bond donors (Lipinski definition) is 0. The van der Waals surface area contributed by atoms with Crippen molar-refractivity contribution >= 4 is 5.91 Å². The molecule has 0 bridgehead atoms. The largest absolute Gasteiger partial charge is 0.384 e. The van der Waals surface area contributed by atoms with E-state index in [2.05, 4.69) is 16.7 Å². The minimum Gasteiger partial charge on any atom is -0.384 e. The summed E-state index contributed by atoms with van der Waals surface area (Å²) in [4.78, 5) is 17.3.